The monoisotopic (exact) mass is 457 g/mol. The molecule has 2 N–H and O–H groups in total. The van der Waals surface area contributed by atoms with Crippen LogP contribution in [0.1, 0.15) is 106 Å². The summed E-state index contributed by atoms with van der Waals surface area (Å²) in [5, 5.41) is 0. The van der Waals surface area contributed by atoms with E-state index in [1.807, 2.05) is 6.92 Å². The van der Waals surface area contributed by atoms with E-state index in [1.54, 1.807) is 5.57 Å². The van der Waals surface area contributed by atoms with Crippen LogP contribution in [0.3, 0.4) is 0 Å². The van der Waals surface area contributed by atoms with Crippen molar-refractivity contribution in [3.05, 3.63) is 11.6 Å². The number of carbonyl (C=O) groups is 2. The minimum absolute atomic E-state index is 0.0247. The Kier molecular flexibility index (Phi) is 6.55. The summed E-state index contributed by atoms with van der Waals surface area (Å²) in [5.41, 5.74) is 7.92. The Balaban J connectivity index is 1.65. The maximum Gasteiger partial charge on any atom is 0.302 e. The first-order chi connectivity index (χ1) is 15.5. The number of ether oxygens (including phenoxy) is 1. The molecule has 9 unspecified atom stereocenters. The number of primary amides is 1. The van der Waals surface area contributed by atoms with Gasteiger partial charge < -0.3 is 10.5 Å². The average molecular weight is 458 g/mol. The molecular formula is C29H47NO3. The molecule has 1 amide bonds. The van der Waals surface area contributed by atoms with Crippen molar-refractivity contribution in [2.45, 2.75) is 112 Å². The van der Waals surface area contributed by atoms with Gasteiger partial charge in [0.05, 0.1) is 11.5 Å². The number of fused-ring (bicyclic) bond motifs is 5. The van der Waals surface area contributed by atoms with Crippen LogP contribution in [0.5, 0.6) is 0 Å². The Morgan fingerprint density at radius 3 is 2.55 bits per heavy atom. The van der Waals surface area contributed by atoms with Gasteiger partial charge in [-0.3, -0.25) is 9.59 Å². The zero-order valence-corrected chi connectivity index (χ0v) is 21.9. The number of allylic oxidation sites excluding steroid dienone is 2. The lowest BCUT2D eigenvalue weighted by atomic mass is 9.40. The number of esters is 1. The van der Waals surface area contributed by atoms with Gasteiger partial charge in [0.15, 0.2) is 0 Å². The number of hydrogen-bond donors (Lipinski definition) is 1. The van der Waals surface area contributed by atoms with E-state index in [2.05, 4.69) is 33.8 Å². The molecule has 4 nitrogen and oxygen atoms in total. The average Bonchev–Trinajstić information content (AvgIpc) is 2.74. The molecule has 9 atom stereocenters. The van der Waals surface area contributed by atoms with Gasteiger partial charge >= 0.3 is 5.97 Å². The molecule has 0 bridgehead atoms. The zero-order valence-electron chi connectivity index (χ0n) is 21.9. The molecule has 186 valence electrons. The first-order valence-electron chi connectivity index (χ1n) is 13.6. The Hall–Kier alpha value is -1.32. The third kappa shape index (κ3) is 3.88. The maximum absolute atomic E-state index is 12.8. The van der Waals surface area contributed by atoms with Gasteiger partial charge in [-0.05, 0) is 98.7 Å². The van der Waals surface area contributed by atoms with Crippen molar-refractivity contribution in [1.82, 2.24) is 0 Å². The van der Waals surface area contributed by atoms with E-state index in [-0.39, 0.29) is 34.2 Å². The number of rotatable bonds is 5. The van der Waals surface area contributed by atoms with E-state index >= 15 is 0 Å². The SMILES string of the molecule is CC(=O)OC(C)CCC1(C)C(C)CCC2(C)C3CCC4(C(N)=O)CCCC(C)C4C3=CCC12. The molecule has 3 saturated carbocycles. The molecule has 0 saturated heterocycles. The Morgan fingerprint density at radius 2 is 1.88 bits per heavy atom. The highest BCUT2D eigenvalue weighted by Gasteiger charge is 2.62. The molecule has 0 aliphatic heterocycles. The van der Waals surface area contributed by atoms with E-state index in [4.69, 9.17) is 10.5 Å². The van der Waals surface area contributed by atoms with Gasteiger partial charge in [-0.2, -0.15) is 0 Å². The predicted molar refractivity (Wildman–Crippen MR) is 132 cm³/mol. The van der Waals surface area contributed by atoms with Gasteiger partial charge in [0.1, 0.15) is 0 Å². The molecule has 4 aliphatic rings. The van der Waals surface area contributed by atoms with E-state index in [1.165, 1.54) is 26.2 Å². The van der Waals surface area contributed by atoms with E-state index in [9.17, 15) is 9.59 Å². The van der Waals surface area contributed by atoms with E-state index in [0.29, 0.717) is 29.6 Å². The lowest BCUT2D eigenvalue weighted by molar-refractivity contribution is -0.148. The van der Waals surface area contributed by atoms with Crippen molar-refractivity contribution in [2.24, 2.45) is 51.6 Å². The number of carbonyl (C=O) groups excluding carboxylic acids is 2. The largest absolute Gasteiger partial charge is 0.463 e. The van der Waals surface area contributed by atoms with Crippen LogP contribution in [0.2, 0.25) is 0 Å². The van der Waals surface area contributed by atoms with Crippen LogP contribution in [-0.2, 0) is 14.3 Å². The van der Waals surface area contributed by atoms with Gasteiger partial charge in [0, 0.05) is 6.92 Å². The van der Waals surface area contributed by atoms with Crippen molar-refractivity contribution in [2.75, 3.05) is 0 Å². The normalized spacial score (nSPS) is 45.6. The van der Waals surface area contributed by atoms with E-state index < -0.39 is 0 Å². The summed E-state index contributed by atoms with van der Waals surface area (Å²) in [6.07, 6.45) is 13.6. The van der Waals surface area contributed by atoms with Crippen molar-refractivity contribution < 1.29 is 14.3 Å². The molecule has 0 radical (unpaired) electrons. The summed E-state index contributed by atoms with van der Waals surface area (Å²) >= 11 is 0. The fourth-order valence-electron chi connectivity index (χ4n) is 9.31. The van der Waals surface area contributed by atoms with Crippen molar-refractivity contribution in [3.8, 4) is 0 Å². The molecule has 0 aromatic heterocycles. The minimum Gasteiger partial charge on any atom is -0.463 e. The first-order valence-corrected chi connectivity index (χ1v) is 13.6. The lowest BCUT2D eigenvalue weighted by Crippen LogP contribution is -2.58. The van der Waals surface area contributed by atoms with Crippen LogP contribution in [0.4, 0.5) is 0 Å². The second kappa shape index (κ2) is 8.72. The van der Waals surface area contributed by atoms with Crippen molar-refractivity contribution in [1.29, 1.82) is 0 Å². The van der Waals surface area contributed by atoms with Crippen LogP contribution in [0, 0.1) is 45.8 Å². The van der Waals surface area contributed by atoms with Crippen LogP contribution >= 0.6 is 0 Å². The fraction of sp³-hybridized carbons (Fsp3) is 0.862. The summed E-state index contributed by atoms with van der Waals surface area (Å²) in [5.74, 6) is 2.53. The Morgan fingerprint density at radius 1 is 1.15 bits per heavy atom. The summed E-state index contributed by atoms with van der Waals surface area (Å²) in [6, 6.07) is 0. The molecule has 0 spiro atoms. The molecule has 0 heterocycles. The Bertz CT molecular complexity index is 820. The molecule has 4 aliphatic carbocycles. The first kappa shape index (κ1) is 24.8. The molecule has 0 aromatic rings. The smallest absolute Gasteiger partial charge is 0.302 e. The molecule has 4 rings (SSSR count). The minimum atomic E-state index is -0.312. The van der Waals surface area contributed by atoms with Gasteiger partial charge in [-0.1, -0.05) is 52.2 Å². The second-order valence-electron chi connectivity index (χ2n) is 12.9. The standard InChI is InChI=1S/C29H47NO3/c1-18-8-7-14-29(26(30)32)17-13-23-22(25(18)29)9-10-24-27(5,16-12-20(3)33-21(4)31)19(2)11-15-28(23,24)6/h9,18-20,23-25H,7-8,10-17H2,1-6H3,(H2,30,32). The highest BCUT2D eigenvalue weighted by Crippen LogP contribution is 2.68. The third-order valence-corrected chi connectivity index (χ3v) is 11.3. The van der Waals surface area contributed by atoms with Gasteiger partial charge in [0.25, 0.3) is 0 Å². The number of hydrogen-bond acceptors (Lipinski definition) is 3. The zero-order chi connectivity index (χ0) is 24.2. The number of nitrogens with two attached hydrogens (primary N) is 1. The topological polar surface area (TPSA) is 69.4 Å². The highest BCUT2D eigenvalue weighted by atomic mass is 16.5. The van der Waals surface area contributed by atoms with Gasteiger partial charge in [-0.25, -0.2) is 0 Å². The van der Waals surface area contributed by atoms with Crippen LogP contribution < -0.4 is 5.73 Å². The van der Waals surface area contributed by atoms with Crippen LogP contribution in [-0.4, -0.2) is 18.0 Å². The summed E-state index contributed by atoms with van der Waals surface area (Å²) < 4.78 is 5.48. The van der Waals surface area contributed by atoms with Crippen molar-refractivity contribution in [3.63, 3.8) is 0 Å². The summed E-state index contributed by atoms with van der Waals surface area (Å²) in [6.45, 7) is 13.4. The molecule has 0 aromatic carbocycles. The van der Waals surface area contributed by atoms with Crippen LogP contribution in [0.25, 0.3) is 0 Å². The molecule has 4 heteroatoms. The molecular weight excluding hydrogens is 410 g/mol. The fourth-order valence-corrected chi connectivity index (χ4v) is 9.31. The molecule has 3 fully saturated rings. The number of amides is 1. The van der Waals surface area contributed by atoms with Crippen molar-refractivity contribution >= 4 is 11.9 Å². The predicted octanol–water partition coefficient (Wildman–Crippen LogP) is 6.42. The quantitative estimate of drug-likeness (QED) is 0.382. The van der Waals surface area contributed by atoms with Gasteiger partial charge in [0.2, 0.25) is 5.91 Å². The summed E-state index contributed by atoms with van der Waals surface area (Å²) in [4.78, 5) is 24.3. The third-order valence-electron chi connectivity index (χ3n) is 11.3. The van der Waals surface area contributed by atoms with Crippen LogP contribution in [0.15, 0.2) is 11.6 Å². The highest BCUT2D eigenvalue weighted by molar-refractivity contribution is 5.82. The Labute approximate surface area is 201 Å². The van der Waals surface area contributed by atoms with E-state index in [0.717, 1.165) is 44.9 Å². The maximum atomic E-state index is 12.8. The molecule has 33 heavy (non-hydrogen) atoms. The van der Waals surface area contributed by atoms with Gasteiger partial charge in [-0.15, -0.1) is 0 Å². The summed E-state index contributed by atoms with van der Waals surface area (Å²) in [7, 11) is 0. The lowest BCUT2D eigenvalue weighted by Gasteiger charge is -2.64. The second-order valence-corrected chi connectivity index (χ2v) is 12.9.